The van der Waals surface area contributed by atoms with Gasteiger partial charge in [-0.25, -0.2) is 0 Å². The van der Waals surface area contributed by atoms with Crippen LogP contribution in [0.2, 0.25) is 5.02 Å². The van der Waals surface area contributed by atoms with E-state index in [0.29, 0.717) is 17.0 Å². The Hall–Kier alpha value is -2.04. The Morgan fingerprint density at radius 1 is 1.19 bits per heavy atom. The van der Waals surface area contributed by atoms with Crippen LogP contribution < -0.4 is 11.1 Å². The van der Waals surface area contributed by atoms with E-state index in [1.54, 1.807) is 18.2 Å². The number of anilines is 1. The quantitative estimate of drug-likeness (QED) is 0.742. The van der Waals surface area contributed by atoms with Crippen molar-refractivity contribution in [3.63, 3.8) is 0 Å². The van der Waals surface area contributed by atoms with E-state index in [0.717, 1.165) is 5.56 Å². The van der Waals surface area contributed by atoms with Crippen molar-refractivity contribution < 1.29 is 9.90 Å². The molecule has 0 radical (unpaired) electrons. The summed E-state index contributed by atoms with van der Waals surface area (Å²) in [7, 11) is 0. The molecule has 21 heavy (non-hydrogen) atoms. The zero-order valence-corrected chi connectivity index (χ0v) is 12.2. The van der Waals surface area contributed by atoms with Crippen LogP contribution in [0.5, 0.6) is 0 Å². The molecule has 0 fully saturated rings. The second-order valence-corrected chi connectivity index (χ2v) is 5.15. The first-order valence-corrected chi connectivity index (χ1v) is 6.99. The van der Waals surface area contributed by atoms with Crippen molar-refractivity contribution in [2.45, 2.75) is 12.5 Å². The van der Waals surface area contributed by atoms with Crippen molar-refractivity contribution in [3.8, 4) is 0 Å². The molecule has 0 saturated carbocycles. The zero-order chi connectivity index (χ0) is 15.2. The summed E-state index contributed by atoms with van der Waals surface area (Å²) in [4.78, 5) is 12.2. The highest BCUT2D eigenvalue weighted by Gasteiger charge is 2.16. The first-order chi connectivity index (χ1) is 10.1. The number of nitrogen functional groups attached to an aromatic ring is 1. The van der Waals surface area contributed by atoms with Gasteiger partial charge in [0, 0.05) is 0 Å². The van der Waals surface area contributed by atoms with Gasteiger partial charge in [0.2, 0.25) is 0 Å². The van der Waals surface area contributed by atoms with Gasteiger partial charge in [0.05, 0.1) is 28.9 Å². The van der Waals surface area contributed by atoms with Gasteiger partial charge in [0.15, 0.2) is 0 Å². The molecule has 4 nitrogen and oxygen atoms in total. The molecule has 0 bridgehead atoms. The molecule has 1 atom stereocenters. The smallest absolute Gasteiger partial charge is 0.253 e. The van der Waals surface area contributed by atoms with Gasteiger partial charge in [0.1, 0.15) is 0 Å². The molecule has 0 spiro atoms. The number of halogens is 1. The van der Waals surface area contributed by atoms with Crippen LogP contribution >= 0.6 is 11.6 Å². The van der Waals surface area contributed by atoms with Crippen LogP contribution in [-0.2, 0) is 6.42 Å². The predicted octanol–water partition coefficient (Wildman–Crippen LogP) is 2.26. The van der Waals surface area contributed by atoms with Crippen molar-refractivity contribution in [1.82, 2.24) is 5.32 Å². The van der Waals surface area contributed by atoms with E-state index in [9.17, 15) is 9.90 Å². The molecule has 5 heteroatoms. The number of aliphatic hydroxyl groups is 1. The molecule has 2 aromatic carbocycles. The van der Waals surface area contributed by atoms with E-state index in [2.05, 4.69) is 5.32 Å². The van der Waals surface area contributed by atoms with Gasteiger partial charge in [0.25, 0.3) is 5.91 Å². The Labute approximate surface area is 128 Å². The van der Waals surface area contributed by atoms with Crippen LogP contribution in [0.1, 0.15) is 15.9 Å². The van der Waals surface area contributed by atoms with Crippen molar-refractivity contribution in [2.75, 3.05) is 12.3 Å². The fourth-order valence-corrected chi connectivity index (χ4v) is 2.23. The third kappa shape index (κ3) is 3.97. The number of benzene rings is 2. The molecule has 0 aliphatic heterocycles. The lowest BCUT2D eigenvalue weighted by atomic mass is 10.1. The molecule has 0 saturated heterocycles. The number of nitrogens with one attached hydrogen (secondary N) is 1. The van der Waals surface area contributed by atoms with Crippen molar-refractivity contribution in [1.29, 1.82) is 0 Å². The highest BCUT2D eigenvalue weighted by molar-refractivity contribution is 6.33. The standard InChI is InChI=1S/C16H17ClN2O2/c17-14-8-4-7-13(15(14)18)16(21)19-12(10-20)9-11-5-2-1-3-6-11/h1-8,12,20H,9-10,18H2,(H,19,21). The van der Waals surface area contributed by atoms with Crippen molar-refractivity contribution in [3.05, 3.63) is 64.7 Å². The fourth-order valence-electron chi connectivity index (χ4n) is 2.06. The van der Waals surface area contributed by atoms with Crippen LogP contribution in [0.3, 0.4) is 0 Å². The van der Waals surface area contributed by atoms with Crippen LogP contribution in [0.15, 0.2) is 48.5 Å². The van der Waals surface area contributed by atoms with Crippen LogP contribution in [0, 0.1) is 0 Å². The summed E-state index contributed by atoms with van der Waals surface area (Å²) < 4.78 is 0. The number of amides is 1. The number of carbonyl (C=O) groups is 1. The molecule has 0 aliphatic rings. The lowest BCUT2D eigenvalue weighted by Crippen LogP contribution is -2.39. The minimum Gasteiger partial charge on any atom is -0.397 e. The van der Waals surface area contributed by atoms with Crippen molar-refractivity contribution in [2.24, 2.45) is 0 Å². The van der Waals surface area contributed by atoms with Gasteiger partial charge in [-0.05, 0) is 24.1 Å². The van der Waals surface area contributed by atoms with E-state index in [4.69, 9.17) is 17.3 Å². The number of para-hydroxylation sites is 1. The first kappa shape index (κ1) is 15.4. The highest BCUT2D eigenvalue weighted by Crippen LogP contribution is 2.22. The molecule has 1 amide bonds. The van der Waals surface area contributed by atoms with Crippen LogP contribution in [0.25, 0.3) is 0 Å². The van der Waals surface area contributed by atoms with Gasteiger partial charge in [-0.3, -0.25) is 4.79 Å². The topological polar surface area (TPSA) is 75.4 Å². The van der Waals surface area contributed by atoms with Crippen molar-refractivity contribution >= 4 is 23.2 Å². The zero-order valence-electron chi connectivity index (χ0n) is 11.4. The second kappa shape index (κ2) is 7.11. The summed E-state index contributed by atoms with van der Waals surface area (Å²) in [5, 5.41) is 12.5. The maximum Gasteiger partial charge on any atom is 0.253 e. The van der Waals surface area contributed by atoms with E-state index in [-0.39, 0.29) is 24.2 Å². The average Bonchev–Trinajstić information content (AvgIpc) is 2.50. The van der Waals surface area contributed by atoms with E-state index in [1.165, 1.54) is 0 Å². The number of hydrogen-bond donors (Lipinski definition) is 3. The largest absolute Gasteiger partial charge is 0.397 e. The van der Waals surface area contributed by atoms with Gasteiger partial charge in [-0.1, -0.05) is 48.0 Å². The number of rotatable bonds is 5. The summed E-state index contributed by atoms with van der Waals surface area (Å²) in [6.07, 6.45) is 0.545. The molecule has 110 valence electrons. The Kier molecular flexibility index (Phi) is 5.20. The molecule has 0 heterocycles. The normalized spacial score (nSPS) is 11.9. The maximum absolute atomic E-state index is 12.2. The second-order valence-electron chi connectivity index (χ2n) is 4.74. The Morgan fingerprint density at radius 2 is 1.90 bits per heavy atom. The lowest BCUT2D eigenvalue weighted by Gasteiger charge is -2.17. The average molecular weight is 305 g/mol. The summed E-state index contributed by atoms with van der Waals surface area (Å²) >= 11 is 5.90. The lowest BCUT2D eigenvalue weighted by molar-refractivity contribution is 0.0917. The Balaban J connectivity index is 2.08. The summed E-state index contributed by atoms with van der Waals surface area (Å²) in [5.41, 5.74) is 7.39. The maximum atomic E-state index is 12.2. The molecule has 0 aliphatic carbocycles. The molecular weight excluding hydrogens is 288 g/mol. The van der Waals surface area contributed by atoms with Crippen LogP contribution in [-0.4, -0.2) is 23.7 Å². The van der Waals surface area contributed by atoms with Gasteiger partial charge < -0.3 is 16.2 Å². The minimum absolute atomic E-state index is 0.152. The third-order valence-corrected chi connectivity index (χ3v) is 3.51. The van der Waals surface area contributed by atoms with E-state index < -0.39 is 0 Å². The number of aliphatic hydroxyl groups excluding tert-OH is 1. The number of carbonyl (C=O) groups excluding carboxylic acids is 1. The monoisotopic (exact) mass is 304 g/mol. The fraction of sp³-hybridized carbons (Fsp3) is 0.188. The molecule has 1 unspecified atom stereocenters. The third-order valence-electron chi connectivity index (χ3n) is 3.18. The molecule has 0 aromatic heterocycles. The summed E-state index contributed by atoms with van der Waals surface area (Å²) in [5.74, 6) is -0.343. The molecule has 4 N–H and O–H groups in total. The first-order valence-electron chi connectivity index (χ1n) is 6.61. The van der Waals surface area contributed by atoms with E-state index in [1.807, 2.05) is 30.3 Å². The number of nitrogens with two attached hydrogens (primary N) is 1. The predicted molar refractivity (Wildman–Crippen MR) is 84.4 cm³/mol. The molecule has 2 aromatic rings. The SMILES string of the molecule is Nc1c(Cl)cccc1C(=O)NC(CO)Cc1ccccc1. The number of hydrogen-bond acceptors (Lipinski definition) is 3. The van der Waals surface area contributed by atoms with Crippen LogP contribution in [0.4, 0.5) is 5.69 Å². The highest BCUT2D eigenvalue weighted by atomic mass is 35.5. The summed E-state index contributed by atoms with van der Waals surface area (Å²) in [6, 6.07) is 14.2. The minimum atomic E-state index is -0.377. The van der Waals surface area contributed by atoms with Gasteiger partial charge in [-0.15, -0.1) is 0 Å². The molecule has 2 rings (SSSR count). The molecular formula is C16H17ClN2O2. The van der Waals surface area contributed by atoms with Gasteiger partial charge >= 0.3 is 0 Å². The summed E-state index contributed by atoms with van der Waals surface area (Å²) in [6.45, 7) is -0.152. The Morgan fingerprint density at radius 3 is 2.57 bits per heavy atom. The van der Waals surface area contributed by atoms with Gasteiger partial charge in [-0.2, -0.15) is 0 Å². The van der Waals surface area contributed by atoms with E-state index >= 15 is 0 Å². The Bertz CT molecular complexity index is 617.